The predicted molar refractivity (Wildman–Crippen MR) is 49.7 cm³/mol. The van der Waals surface area contributed by atoms with Gasteiger partial charge < -0.3 is 10.2 Å². The summed E-state index contributed by atoms with van der Waals surface area (Å²) >= 11 is 0. The monoisotopic (exact) mass is 192 g/mol. The Kier molecular flexibility index (Phi) is 3.01. The van der Waals surface area contributed by atoms with Crippen molar-refractivity contribution in [3.8, 4) is 0 Å². The minimum absolute atomic E-state index is 0.0528. The molecular formula is C10H8O4. The first-order valence-corrected chi connectivity index (χ1v) is 3.84. The molecule has 0 aromatic carbocycles. The van der Waals surface area contributed by atoms with Gasteiger partial charge in [-0.1, -0.05) is 18.2 Å². The summed E-state index contributed by atoms with van der Waals surface area (Å²) in [6, 6.07) is 0. The maximum atomic E-state index is 10.6. The van der Waals surface area contributed by atoms with Gasteiger partial charge in [0.25, 0.3) is 0 Å². The molecule has 14 heavy (non-hydrogen) atoms. The highest BCUT2D eigenvalue weighted by atomic mass is 16.4. The summed E-state index contributed by atoms with van der Waals surface area (Å²) in [6.45, 7) is 0. The van der Waals surface area contributed by atoms with Crippen LogP contribution in [0.5, 0.6) is 0 Å². The molecule has 1 rings (SSSR count). The van der Waals surface area contributed by atoms with Crippen molar-refractivity contribution in [2.75, 3.05) is 0 Å². The van der Waals surface area contributed by atoms with Gasteiger partial charge in [-0.05, 0) is 18.2 Å². The Morgan fingerprint density at radius 1 is 0.929 bits per heavy atom. The average Bonchev–Trinajstić information content (AvgIpc) is 2.01. The molecular weight excluding hydrogens is 184 g/mol. The molecule has 0 atom stereocenters. The second-order valence-corrected chi connectivity index (χ2v) is 2.58. The zero-order chi connectivity index (χ0) is 10.6. The van der Waals surface area contributed by atoms with Crippen LogP contribution in [0.1, 0.15) is 0 Å². The number of carbonyl (C=O) groups is 2. The van der Waals surface area contributed by atoms with E-state index in [1.165, 1.54) is 24.3 Å². The van der Waals surface area contributed by atoms with Gasteiger partial charge in [-0.15, -0.1) is 0 Å². The van der Waals surface area contributed by atoms with E-state index in [0.29, 0.717) is 0 Å². The van der Waals surface area contributed by atoms with E-state index >= 15 is 0 Å². The van der Waals surface area contributed by atoms with Crippen LogP contribution in [0.15, 0.2) is 47.6 Å². The van der Waals surface area contributed by atoms with Crippen LogP contribution in [-0.4, -0.2) is 22.2 Å². The van der Waals surface area contributed by atoms with E-state index in [-0.39, 0.29) is 11.1 Å². The molecule has 0 saturated heterocycles. The maximum Gasteiger partial charge on any atom is 0.335 e. The molecule has 0 aliphatic heterocycles. The molecule has 0 fully saturated rings. The molecule has 0 unspecified atom stereocenters. The molecule has 0 aromatic heterocycles. The summed E-state index contributed by atoms with van der Waals surface area (Å²) < 4.78 is 0. The van der Waals surface area contributed by atoms with Gasteiger partial charge in [-0.2, -0.15) is 0 Å². The van der Waals surface area contributed by atoms with Crippen LogP contribution in [0.25, 0.3) is 0 Å². The molecule has 2 N–H and O–H groups in total. The standard InChI is InChI=1S/C10H8O4/c11-9(12)7-4-2-1-3-5-8(6-7)10(13)14/h1-6H,(H,11,12)(H,13,14)/b2-1-,3-1?,4-2?,5-3-,7-4+,7-6?,8-5?,8-6+. The van der Waals surface area contributed by atoms with Crippen LogP contribution in [0.2, 0.25) is 0 Å². The molecule has 0 amide bonds. The topological polar surface area (TPSA) is 74.6 Å². The number of carboxylic acid groups (broad SMARTS) is 2. The third-order valence-corrected chi connectivity index (χ3v) is 1.58. The number of hydrogen-bond donors (Lipinski definition) is 2. The zero-order valence-corrected chi connectivity index (χ0v) is 7.18. The molecule has 0 saturated carbocycles. The number of rotatable bonds is 2. The number of carboxylic acids is 2. The van der Waals surface area contributed by atoms with E-state index in [1.807, 2.05) is 0 Å². The Hall–Kier alpha value is -2.10. The Labute approximate surface area is 80.2 Å². The fourth-order valence-electron chi connectivity index (χ4n) is 0.912. The summed E-state index contributed by atoms with van der Waals surface area (Å²) in [5.41, 5.74) is -0.106. The largest absolute Gasteiger partial charge is 0.478 e. The highest BCUT2D eigenvalue weighted by Gasteiger charge is 2.09. The van der Waals surface area contributed by atoms with Crippen molar-refractivity contribution in [2.24, 2.45) is 0 Å². The summed E-state index contributed by atoms with van der Waals surface area (Å²) in [4.78, 5) is 21.2. The first-order valence-electron chi connectivity index (χ1n) is 3.84. The van der Waals surface area contributed by atoms with Crippen LogP contribution < -0.4 is 0 Å². The average molecular weight is 192 g/mol. The first-order chi connectivity index (χ1) is 6.61. The van der Waals surface area contributed by atoms with Gasteiger partial charge in [-0.25, -0.2) is 9.59 Å². The fourth-order valence-corrected chi connectivity index (χ4v) is 0.912. The summed E-state index contributed by atoms with van der Waals surface area (Å²) in [5.74, 6) is -2.30. The molecule has 1 aliphatic rings. The van der Waals surface area contributed by atoms with Gasteiger partial charge in [0.15, 0.2) is 0 Å². The maximum absolute atomic E-state index is 10.6. The lowest BCUT2D eigenvalue weighted by Crippen LogP contribution is -2.03. The summed E-state index contributed by atoms with van der Waals surface area (Å²) in [7, 11) is 0. The highest BCUT2D eigenvalue weighted by molar-refractivity contribution is 5.96. The summed E-state index contributed by atoms with van der Waals surface area (Å²) in [6.07, 6.45) is 8.44. The Morgan fingerprint density at radius 2 is 1.57 bits per heavy atom. The van der Waals surface area contributed by atoms with Gasteiger partial charge in [0, 0.05) is 0 Å². The van der Waals surface area contributed by atoms with E-state index < -0.39 is 11.9 Å². The van der Waals surface area contributed by atoms with Crippen molar-refractivity contribution in [3.05, 3.63) is 47.6 Å². The van der Waals surface area contributed by atoms with Crippen molar-refractivity contribution in [3.63, 3.8) is 0 Å². The van der Waals surface area contributed by atoms with E-state index in [4.69, 9.17) is 10.2 Å². The third-order valence-electron chi connectivity index (χ3n) is 1.58. The molecule has 4 heteroatoms. The van der Waals surface area contributed by atoms with Crippen molar-refractivity contribution in [1.29, 1.82) is 0 Å². The van der Waals surface area contributed by atoms with Crippen molar-refractivity contribution in [2.45, 2.75) is 0 Å². The van der Waals surface area contributed by atoms with Crippen molar-refractivity contribution >= 4 is 11.9 Å². The molecule has 1 aliphatic carbocycles. The molecule has 0 bridgehead atoms. The molecule has 4 nitrogen and oxygen atoms in total. The quantitative estimate of drug-likeness (QED) is 0.687. The molecule has 0 spiro atoms. The Morgan fingerprint density at radius 3 is 2.14 bits per heavy atom. The lowest BCUT2D eigenvalue weighted by Gasteiger charge is -1.98. The lowest BCUT2D eigenvalue weighted by atomic mass is 10.1. The van der Waals surface area contributed by atoms with Gasteiger partial charge in [0.1, 0.15) is 0 Å². The van der Waals surface area contributed by atoms with Crippen LogP contribution in [0.3, 0.4) is 0 Å². The SMILES string of the molecule is O=C(O)C1=C/C(C(=O)O)=C\C=C/C=C\1. The van der Waals surface area contributed by atoms with Crippen LogP contribution in [0, 0.1) is 0 Å². The van der Waals surface area contributed by atoms with E-state index in [2.05, 4.69) is 0 Å². The van der Waals surface area contributed by atoms with Gasteiger partial charge in [0.2, 0.25) is 0 Å². The molecule has 0 radical (unpaired) electrons. The smallest absolute Gasteiger partial charge is 0.335 e. The Balaban J connectivity index is 3.12. The van der Waals surface area contributed by atoms with Gasteiger partial charge in [-0.3, -0.25) is 0 Å². The zero-order valence-electron chi connectivity index (χ0n) is 7.18. The van der Waals surface area contributed by atoms with Crippen molar-refractivity contribution in [1.82, 2.24) is 0 Å². The Bertz CT molecular complexity index is 368. The minimum Gasteiger partial charge on any atom is -0.478 e. The predicted octanol–water partition coefficient (Wildman–Crippen LogP) is 1.13. The van der Waals surface area contributed by atoms with E-state index in [9.17, 15) is 9.59 Å². The van der Waals surface area contributed by atoms with E-state index in [1.54, 1.807) is 6.08 Å². The molecule has 0 aromatic rings. The second kappa shape index (κ2) is 4.23. The van der Waals surface area contributed by atoms with Crippen LogP contribution in [-0.2, 0) is 9.59 Å². The highest BCUT2D eigenvalue weighted by Crippen LogP contribution is 2.08. The van der Waals surface area contributed by atoms with E-state index in [0.717, 1.165) is 6.08 Å². The first kappa shape index (κ1) is 9.98. The minimum atomic E-state index is -1.15. The third kappa shape index (κ3) is 2.45. The molecule has 72 valence electrons. The van der Waals surface area contributed by atoms with Crippen LogP contribution in [0.4, 0.5) is 0 Å². The number of allylic oxidation sites excluding steroid dienone is 4. The summed E-state index contributed by atoms with van der Waals surface area (Å²) in [5, 5.41) is 17.4. The lowest BCUT2D eigenvalue weighted by molar-refractivity contribution is -0.132. The van der Waals surface area contributed by atoms with Crippen LogP contribution >= 0.6 is 0 Å². The molecule has 0 heterocycles. The second-order valence-electron chi connectivity index (χ2n) is 2.58. The number of hydrogen-bond acceptors (Lipinski definition) is 2. The normalized spacial score (nSPS) is 27.1. The van der Waals surface area contributed by atoms with Crippen molar-refractivity contribution < 1.29 is 19.8 Å². The van der Waals surface area contributed by atoms with Gasteiger partial charge >= 0.3 is 11.9 Å². The fraction of sp³-hybridized carbons (Fsp3) is 0. The van der Waals surface area contributed by atoms with Gasteiger partial charge in [0.05, 0.1) is 11.1 Å². The number of aliphatic carboxylic acids is 2.